The van der Waals surface area contributed by atoms with Gasteiger partial charge in [0.05, 0.1) is 36.2 Å². The molecule has 0 radical (unpaired) electrons. The van der Waals surface area contributed by atoms with Gasteiger partial charge in [-0.2, -0.15) is 0 Å². The van der Waals surface area contributed by atoms with Gasteiger partial charge in [-0.05, 0) is 54.6 Å². The van der Waals surface area contributed by atoms with Gasteiger partial charge in [0.2, 0.25) is 10.0 Å². The number of amides is 1. The number of ether oxygens (including phenoxy) is 1. The van der Waals surface area contributed by atoms with Crippen molar-refractivity contribution in [3.8, 4) is 0 Å². The summed E-state index contributed by atoms with van der Waals surface area (Å²) in [5.74, 6) is -1.10. The lowest BCUT2D eigenvalue weighted by molar-refractivity contribution is 0.0600. The third-order valence-corrected chi connectivity index (χ3v) is 6.99. The summed E-state index contributed by atoms with van der Waals surface area (Å²) >= 11 is 18.4. The summed E-state index contributed by atoms with van der Waals surface area (Å²) in [6.07, 6.45) is 1.07. The second-order valence-corrected chi connectivity index (χ2v) is 10.3. The largest absolute Gasteiger partial charge is 0.465 e. The molecule has 0 saturated heterocycles. The van der Waals surface area contributed by atoms with Gasteiger partial charge in [0.1, 0.15) is 0 Å². The third-order valence-electron chi connectivity index (χ3n) is 4.81. The van der Waals surface area contributed by atoms with E-state index in [1.54, 1.807) is 24.3 Å². The fourth-order valence-electron chi connectivity index (χ4n) is 3.08. The van der Waals surface area contributed by atoms with E-state index >= 15 is 0 Å². The number of anilines is 2. The van der Waals surface area contributed by atoms with Gasteiger partial charge in [0.15, 0.2) is 0 Å². The molecule has 34 heavy (non-hydrogen) atoms. The van der Waals surface area contributed by atoms with E-state index in [-0.39, 0.29) is 22.7 Å². The van der Waals surface area contributed by atoms with Crippen LogP contribution in [0, 0.1) is 0 Å². The molecule has 0 unspecified atom stereocenters. The minimum atomic E-state index is -3.69. The number of carbonyl (C=O) groups is 2. The molecule has 0 heterocycles. The molecule has 0 aliphatic rings. The second kappa shape index (κ2) is 10.7. The molecule has 0 saturated carbocycles. The molecule has 3 rings (SSSR count). The van der Waals surface area contributed by atoms with Crippen molar-refractivity contribution in [2.45, 2.75) is 6.54 Å². The summed E-state index contributed by atoms with van der Waals surface area (Å²) < 4.78 is 30.8. The molecule has 11 heteroatoms. The smallest absolute Gasteiger partial charge is 0.339 e. The first kappa shape index (κ1) is 25.8. The molecular formula is C23H19Cl3N2O5S. The highest BCUT2D eigenvalue weighted by atomic mass is 35.5. The summed E-state index contributed by atoms with van der Waals surface area (Å²) in [4.78, 5) is 24.5. The molecule has 3 aromatic rings. The van der Waals surface area contributed by atoms with Crippen LogP contribution in [0.15, 0.2) is 60.7 Å². The Morgan fingerprint density at radius 3 is 2.12 bits per heavy atom. The fraction of sp³-hybridized carbons (Fsp3) is 0.130. The minimum Gasteiger partial charge on any atom is -0.465 e. The fourth-order valence-corrected chi connectivity index (χ4v) is 4.66. The van der Waals surface area contributed by atoms with Crippen LogP contribution in [-0.4, -0.2) is 33.7 Å². The zero-order valence-corrected chi connectivity index (χ0v) is 21.1. The lowest BCUT2D eigenvalue weighted by atomic mass is 10.1. The zero-order chi connectivity index (χ0) is 25.0. The number of halogens is 3. The quantitative estimate of drug-likeness (QED) is 0.390. The Labute approximate surface area is 212 Å². The van der Waals surface area contributed by atoms with Crippen molar-refractivity contribution < 1.29 is 22.7 Å². The van der Waals surface area contributed by atoms with Gasteiger partial charge in [-0.1, -0.05) is 40.9 Å². The molecule has 7 nitrogen and oxygen atoms in total. The number of nitrogens with zero attached hydrogens (tertiary/aromatic N) is 1. The summed E-state index contributed by atoms with van der Waals surface area (Å²) in [5, 5.41) is 3.53. The molecule has 0 aliphatic heterocycles. The van der Waals surface area contributed by atoms with E-state index in [1.165, 1.54) is 43.5 Å². The highest BCUT2D eigenvalue weighted by Gasteiger charge is 2.21. The molecule has 0 atom stereocenters. The van der Waals surface area contributed by atoms with Crippen LogP contribution in [0.5, 0.6) is 0 Å². The molecule has 0 aliphatic carbocycles. The first-order chi connectivity index (χ1) is 16.0. The van der Waals surface area contributed by atoms with Gasteiger partial charge >= 0.3 is 5.97 Å². The number of carbonyl (C=O) groups excluding carboxylic acids is 2. The van der Waals surface area contributed by atoms with Crippen LogP contribution in [0.4, 0.5) is 11.4 Å². The summed E-state index contributed by atoms with van der Waals surface area (Å²) in [6, 6.07) is 15.3. The molecule has 1 N–H and O–H groups in total. The lowest BCUT2D eigenvalue weighted by Crippen LogP contribution is -2.29. The van der Waals surface area contributed by atoms with E-state index in [1.807, 2.05) is 0 Å². The predicted octanol–water partition coefficient (Wildman–Crippen LogP) is 5.65. The van der Waals surface area contributed by atoms with Crippen LogP contribution in [0.25, 0.3) is 0 Å². The lowest BCUT2D eigenvalue weighted by Gasteiger charge is -2.23. The molecule has 1 amide bonds. The van der Waals surface area contributed by atoms with Gasteiger partial charge in [0.25, 0.3) is 5.91 Å². The third kappa shape index (κ3) is 6.01. The van der Waals surface area contributed by atoms with Crippen molar-refractivity contribution in [3.05, 3.63) is 92.4 Å². The Kier molecular flexibility index (Phi) is 8.09. The van der Waals surface area contributed by atoms with E-state index in [9.17, 15) is 18.0 Å². The van der Waals surface area contributed by atoms with Crippen molar-refractivity contribution in [3.63, 3.8) is 0 Å². The molecule has 3 aromatic carbocycles. The Hall–Kier alpha value is -2.78. The van der Waals surface area contributed by atoms with Gasteiger partial charge in [0, 0.05) is 26.9 Å². The Balaban J connectivity index is 1.84. The topological polar surface area (TPSA) is 92.8 Å². The minimum absolute atomic E-state index is 0.0794. The predicted molar refractivity (Wildman–Crippen MR) is 135 cm³/mol. The zero-order valence-electron chi connectivity index (χ0n) is 18.0. The van der Waals surface area contributed by atoms with Crippen LogP contribution < -0.4 is 9.62 Å². The Morgan fingerprint density at radius 2 is 1.56 bits per heavy atom. The maximum absolute atomic E-state index is 12.7. The normalized spacial score (nSPS) is 11.1. The standard InChI is InChI=1S/C23H19Cl3N2O5S/c1-33-23(30)17-12-15(8-11-21(17)26)27-22(29)14-6-9-16(10-7-14)28(34(2,31)32)13-18-19(24)4-3-5-20(18)25/h3-12H,13H2,1-2H3,(H,27,29). The van der Waals surface area contributed by atoms with Gasteiger partial charge in [-0.25, -0.2) is 13.2 Å². The number of hydrogen-bond acceptors (Lipinski definition) is 5. The van der Waals surface area contributed by atoms with Crippen LogP contribution in [0.2, 0.25) is 15.1 Å². The summed E-state index contributed by atoms with van der Waals surface area (Å²) in [5.41, 5.74) is 1.50. The van der Waals surface area contributed by atoms with Crippen LogP contribution in [0.3, 0.4) is 0 Å². The first-order valence-corrected chi connectivity index (χ1v) is 12.7. The van der Waals surface area contributed by atoms with Gasteiger partial charge in [-0.3, -0.25) is 9.10 Å². The van der Waals surface area contributed by atoms with E-state index in [0.29, 0.717) is 27.0 Å². The Bertz CT molecular complexity index is 1320. The SMILES string of the molecule is COC(=O)c1cc(NC(=O)c2ccc(N(Cc3c(Cl)cccc3Cl)S(C)(=O)=O)cc2)ccc1Cl. The molecule has 178 valence electrons. The number of hydrogen-bond donors (Lipinski definition) is 1. The molecule has 0 spiro atoms. The Morgan fingerprint density at radius 1 is 0.941 bits per heavy atom. The van der Waals surface area contributed by atoms with Gasteiger partial charge < -0.3 is 10.1 Å². The molecule has 0 fully saturated rings. The maximum Gasteiger partial charge on any atom is 0.339 e. The highest BCUT2D eigenvalue weighted by molar-refractivity contribution is 7.92. The summed E-state index contributed by atoms with van der Waals surface area (Å²) in [7, 11) is -2.46. The number of rotatable bonds is 7. The van der Waals surface area contributed by atoms with Crippen LogP contribution >= 0.6 is 34.8 Å². The molecular weight excluding hydrogens is 523 g/mol. The monoisotopic (exact) mass is 540 g/mol. The second-order valence-electron chi connectivity index (χ2n) is 7.16. The first-order valence-electron chi connectivity index (χ1n) is 9.71. The van der Waals surface area contributed by atoms with Crippen molar-refractivity contribution in [1.82, 2.24) is 0 Å². The number of methoxy groups -OCH3 is 1. The van der Waals surface area contributed by atoms with Crippen LogP contribution in [0.1, 0.15) is 26.3 Å². The van der Waals surface area contributed by atoms with E-state index < -0.39 is 21.9 Å². The van der Waals surface area contributed by atoms with Crippen molar-refractivity contribution in [2.24, 2.45) is 0 Å². The van der Waals surface area contributed by atoms with Crippen molar-refractivity contribution in [1.29, 1.82) is 0 Å². The highest BCUT2D eigenvalue weighted by Crippen LogP contribution is 2.29. The van der Waals surface area contributed by atoms with E-state index in [4.69, 9.17) is 34.8 Å². The maximum atomic E-state index is 12.7. The average Bonchev–Trinajstić information content (AvgIpc) is 2.79. The van der Waals surface area contributed by atoms with Gasteiger partial charge in [-0.15, -0.1) is 0 Å². The number of benzene rings is 3. The molecule has 0 bridgehead atoms. The number of nitrogens with one attached hydrogen (secondary N) is 1. The number of sulfonamides is 1. The average molecular weight is 542 g/mol. The van der Waals surface area contributed by atoms with E-state index in [2.05, 4.69) is 10.1 Å². The number of esters is 1. The summed E-state index contributed by atoms with van der Waals surface area (Å²) in [6.45, 7) is -0.0794. The van der Waals surface area contributed by atoms with Crippen molar-refractivity contribution in [2.75, 3.05) is 23.0 Å². The van der Waals surface area contributed by atoms with E-state index in [0.717, 1.165) is 10.6 Å². The van der Waals surface area contributed by atoms with Crippen LogP contribution in [-0.2, 0) is 21.3 Å². The molecule has 0 aromatic heterocycles. The van der Waals surface area contributed by atoms with Crippen molar-refractivity contribution >= 4 is 68.1 Å².